The van der Waals surface area contributed by atoms with Crippen molar-refractivity contribution in [2.45, 2.75) is 13.5 Å². The van der Waals surface area contributed by atoms with Crippen molar-refractivity contribution in [1.82, 2.24) is 9.80 Å². The molecule has 1 fully saturated rings. The Morgan fingerprint density at radius 1 is 1.28 bits per heavy atom. The van der Waals surface area contributed by atoms with E-state index in [0.717, 1.165) is 19.6 Å². The first-order valence-electron chi connectivity index (χ1n) is 7.71. The van der Waals surface area contributed by atoms with Crippen LogP contribution in [0.1, 0.15) is 12.5 Å². The number of hydrogen-bond donors (Lipinski definition) is 0. The first-order chi connectivity index (χ1) is 11.5. The molecule has 0 bridgehead atoms. The van der Waals surface area contributed by atoms with Gasteiger partial charge in [0.15, 0.2) is 0 Å². The summed E-state index contributed by atoms with van der Waals surface area (Å²) in [6.07, 6.45) is 1.46. The van der Waals surface area contributed by atoms with E-state index in [4.69, 9.17) is 0 Å². The molecule has 1 heterocycles. The fourth-order valence-corrected chi connectivity index (χ4v) is 2.49. The topological polar surface area (TPSA) is 56.6 Å². The van der Waals surface area contributed by atoms with Gasteiger partial charge in [0.05, 0.1) is 0 Å². The smallest absolute Gasteiger partial charge is 0.387 e. The number of likely N-dealkylation sites (N-methyl/N-ethyl adjacent to an activating group) is 1. The van der Waals surface area contributed by atoms with Crippen LogP contribution in [0.2, 0.25) is 0 Å². The molecule has 0 spiro atoms. The number of hydrogen-bond acceptors (Lipinski definition) is 4. The molecule has 5 nitrogen and oxygen atoms in total. The Kier molecular flexibility index (Phi) is 8.32. The molecule has 0 aromatic heterocycles. The number of nitrogens with zero attached hydrogens (tertiary/aromatic N) is 3. The van der Waals surface area contributed by atoms with E-state index >= 15 is 0 Å². The highest BCUT2D eigenvalue weighted by molar-refractivity contribution is 6.01. The normalized spacial score (nSPS) is 15.5. The quantitative estimate of drug-likeness (QED) is 0.590. The number of amides is 1. The molecule has 0 atom stereocenters. The van der Waals surface area contributed by atoms with Crippen LogP contribution < -0.4 is 4.74 Å². The third-order valence-electron chi connectivity index (χ3n) is 3.87. The van der Waals surface area contributed by atoms with E-state index in [0.29, 0.717) is 18.7 Å². The Labute approximate surface area is 151 Å². The maximum Gasteiger partial charge on any atom is 0.387 e. The van der Waals surface area contributed by atoms with E-state index in [1.807, 2.05) is 6.07 Å². The summed E-state index contributed by atoms with van der Waals surface area (Å²) in [5.41, 5.74) is 0.608. The summed E-state index contributed by atoms with van der Waals surface area (Å²) >= 11 is 0. The van der Waals surface area contributed by atoms with Crippen molar-refractivity contribution in [3.8, 4) is 11.8 Å². The van der Waals surface area contributed by atoms with E-state index in [1.165, 1.54) is 30.3 Å². The lowest BCUT2D eigenvalue weighted by atomic mass is 10.1. The van der Waals surface area contributed by atoms with Gasteiger partial charge < -0.3 is 14.5 Å². The maximum absolute atomic E-state index is 12.4. The minimum absolute atomic E-state index is 0. The second kappa shape index (κ2) is 9.97. The zero-order chi connectivity index (χ0) is 17.5. The molecule has 0 unspecified atom stereocenters. The summed E-state index contributed by atoms with van der Waals surface area (Å²) in [7, 11) is 0. The van der Waals surface area contributed by atoms with Crippen molar-refractivity contribution in [3.63, 3.8) is 0 Å². The Morgan fingerprint density at radius 3 is 2.36 bits per heavy atom. The average Bonchev–Trinajstić information content (AvgIpc) is 2.60. The maximum atomic E-state index is 12.4. The lowest BCUT2D eigenvalue weighted by Crippen LogP contribution is -2.48. The Balaban J connectivity index is 0.00000312. The van der Waals surface area contributed by atoms with Gasteiger partial charge in [-0.3, -0.25) is 4.79 Å². The highest BCUT2D eigenvalue weighted by Gasteiger charge is 2.22. The Bertz CT molecular complexity index is 636. The van der Waals surface area contributed by atoms with Crippen LogP contribution in [-0.2, 0) is 4.79 Å². The van der Waals surface area contributed by atoms with Crippen molar-refractivity contribution < 1.29 is 18.3 Å². The molecular formula is C17H20ClF2N3O2. The van der Waals surface area contributed by atoms with Crippen molar-refractivity contribution in [2.75, 3.05) is 32.7 Å². The summed E-state index contributed by atoms with van der Waals surface area (Å²) in [5, 5.41) is 9.26. The van der Waals surface area contributed by atoms with Crippen LogP contribution >= 0.6 is 12.4 Å². The van der Waals surface area contributed by atoms with Crippen molar-refractivity contribution in [3.05, 3.63) is 35.4 Å². The van der Waals surface area contributed by atoms with Gasteiger partial charge in [0.1, 0.15) is 17.4 Å². The summed E-state index contributed by atoms with van der Waals surface area (Å²) in [5.74, 6) is -0.274. The lowest BCUT2D eigenvalue weighted by molar-refractivity contribution is -0.128. The van der Waals surface area contributed by atoms with Crippen LogP contribution in [0.3, 0.4) is 0 Å². The number of halogens is 3. The highest BCUT2D eigenvalue weighted by atomic mass is 35.5. The van der Waals surface area contributed by atoms with Gasteiger partial charge in [-0.05, 0) is 30.3 Å². The standard InChI is InChI=1S/C17H19F2N3O2.ClH/c1-2-21-7-9-22(10-8-21)16(23)14(12-20)11-13-3-5-15(6-4-13)24-17(18)19;/h3-6,11,17H,2,7-10H2,1H3;1H/b14-11-;. The predicted octanol–water partition coefficient (Wildman–Crippen LogP) is 2.78. The minimum atomic E-state index is -2.88. The average molecular weight is 372 g/mol. The van der Waals surface area contributed by atoms with Crippen LogP contribution in [0.4, 0.5) is 8.78 Å². The first kappa shape index (κ1) is 20.9. The van der Waals surface area contributed by atoms with Crippen LogP contribution in [0, 0.1) is 11.3 Å². The van der Waals surface area contributed by atoms with E-state index in [-0.39, 0.29) is 29.6 Å². The molecule has 0 N–H and O–H groups in total. The molecule has 0 saturated carbocycles. The van der Waals surface area contributed by atoms with E-state index in [1.54, 1.807) is 4.90 Å². The van der Waals surface area contributed by atoms with Gasteiger partial charge in [-0.15, -0.1) is 12.4 Å². The summed E-state index contributed by atoms with van der Waals surface area (Å²) < 4.78 is 28.5. The van der Waals surface area contributed by atoms with Crippen LogP contribution in [0.5, 0.6) is 5.75 Å². The first-order valence-corrected chi connectivity index (χ1v) is 7.71. The van der Waals surface area contributed by atoms with E-state index in [9.17, 15) is 18.8 Å². The molecular weight excluding hydrogens is 352 g/mol. The zero-order valence-electron chi connectivity index (χ0n) is 13.8. The number of alkyl halides is 2. The van der Waals surface area contributed by atoms with Gasteiger partial charge in [0, 0.05) is 26.2 Å². The van der Waals surface area contributed by atoms with Gasteiger partial charge in [0.2, 0.25) is 0 Å². The number of carbonyl (C=O) groups excluding carboxylic acids is 1. The number of rotatable bonds is 5. The number of nitriles is 1. The van der Waals surface area contributed by atoms with Crippen molar-refractivity contribution in [2.24, 2.45) is 0 Å². The number of ether oxygens (including phenoxy) is 1. The minimum Gasteiger partial charge on any atom is -0.435 e. The SMILES string of the molecule is CCN1CCN(C(=O)/C(C#N)=C\c2ccc(OC(F)F)cc2)CC1.Cl. The van der Waals surface area contributed by atoms with Gasteiger partial charge >= 0.3 is 6.61 Å². The second-order valence-electron chi connectivity index (χ2n) is 5.34. The van der Waals surface area contributed by atoms with Crippen LogP contribution in [-0.4, -0.2) is 55.0 Å². The van der Waals surface area contributed by atoms with Crippen molar-refractivity contribution >= 4 is 24.4 Å². The molecule has 1 aromatic carbocycles. The molecule has 8 heteroatoms. The lowest BCUT2D eigenvalue weighted by Gasteiger charge is -2.33. The number of carbonyl (C=O) groups is 1. The van der Waals surface area contributed by atoms with Crippen LogP contribution in [0.15, 0.2) is 29.8 Å². The molecule has 1 aromatic rings. The Morgan fingerprint density at radius 2 is 1.88 bits per heavy atom. The largest absolute Gasteiger partial charge is 0.435 e. The molecule has 25 heavy (non-hydrogen) atoms. The van der Waals surface area contributed by atoms with E-state index < -0.39 is 6.61 Å². The highest BCUT2D eigenvalue weighted by Crippen LogP contribution is 2.17. The van der Waals surface area contributed by atoms with Gasteiger partial charge in [-0.1, -0.05) is 19.1 Å². The monoisotopic (exact) mass is 371 g/mol. The summed E-state index contributed by atoms with van der Waals surface area (Å²) in [4.78, 5) is 16.3. The third-order valence-corrected chi connectivity index (χ3v) is 3.87. The third kappa shape index (κ3) is 6.00. The fraction of sp³-hybridized carbons (Fsp3) is 0.412. The molecule has 1 aliphatic heterocycles. The van der Waals surface area contributed by atoms with Crippen molar-refractivity contribution in [1.29, 1.82) is 5.26 Å². The van der Waals surface area contributed by atoms with Crippen LogP contribution in [0.25, 0.3) is 6.08 Å². The predicted molar refractivity (Wildman–Crippen MR) is 92.6 cm³/mol. The second-order valence-corrected chi connectivity index (χ2v) is 5.34. The Hall–Kier alpha value is -2.17. The molecule has 1 saturated heterocycles. The van der Waals surface area contributed by atoms with Gasteiger partial charge in [-0.2, -0.15) is 14.0 Å². The fourth-order valence-electron chi connectivity index (χ4n) is 2.49. The van der Waals surface area contributed by atoms with Gasteiger partial charge in [-0.25, -0.2) is 0 Å². The number of piperazine rings is 1. The molecule has 1 amide bonds. The molecule has 136 valence electrons. The summed E-state index contributed by atoms with van der Waals surface area (Å²) in [6.45, 7) is 2.89. The number of benzene rings is 1. The zero-order valence-corrected chi connectivity index (χ0v) is 14.6. The molecule has 1 aliphatic rings. The van der Waals surface area contributed by atoms with Gasteiger partial charge in [0.25, 0.3) is 5.91 Å². The summed E-state index contributed by atoms with van der Waals surface area (Å²) in [6, 6.07) is 7.72. The molecule has 0 radical (unpaired) electrons. The molecule has 0 aliphatic carbocycles. The van der Waals surface area contributed by atoms with E-state index in [2.05, 4.69) is 16.6 Å². The molecule has 2 rings (SSSR count).